The van der Waals surface area contributed by atoms with Gasteiger partial charge in [0.15, 0.2) is 0 Å². The van der Waals surface area contributed by atoms with Crippen LogP contribution in [0.4, 0.5) is 0 Å². The molecule has 1 aromatic carbocycles. The zero-order valence-corrected chi connectivity index (χ0v) is 14.6. The molecule has 2 rings (SSSR count). The van der Waals surface area contributed by atoms with Gasteiger partial charge in [-0.2, -0.15) is 0 Å². The van der Waals surface area contributed by atoms with Crippen molar-refractivity contribution in [2.75, 3.05) is 26.2 Å². The van der Waals surface area contributed by atoms with Gasteiger partial charge in [-0.25, -0.2) is 0 Å². The van der Waals surface area contributed by atoms with E-state index < -0.39 is 0 Å². The third kappa shape index (κ3) is 7.62. The topological polar surface area (TPSA) is 29.5 Å². The first-order chi connectivity index (χ1) is 10.8. The van der Waals surface area contributed by atoms with Crippen molar-refractivity contribution in [1.82, 2.24) is 4.90 Å². The smallest absolute Gasteiger partial charge is 0.122 e. The summed E-state index contributed by atoms with van der Waals surface area (Å²) in [5, 5.41) is 0.749. The molecule has 0 unspecified atom stereocenters. The van der Waals surface area contributed by atoms with Crippen LogP contribution in [0.5, 0.6) is 5.75 Å². The van der Waals surface area contributed by atoms with Crippen LogP contribution >= 0.6 is 11.6 Å². The number of ether oxygens (including phenoxy) is 1. The molecular formula is C18H28ClNO2. The molecule has 1 aromatic rings. The molecule has 0 N–H and O–H groups in total. The molecule has 1 fully saturated rings. The molecule has 1 aliphatic rings. The lowest BCUT2D eigenvalue weighted by molar-refractivity contribution is -0.0979. The minimum atomic E-state index is 0.742. The minimum Gasteiger partial charge on any atom is -0.492 e. The van der Waals surface area contributed by atoms with Crippen molar-refractivity contribution < 1.29 is 9.53 Å². The molecule has 0 bridgehead atoms. The lowest BCUT2D eigenvalue weighted by atomic mass is 10.1. The number of nitrogens with zero attached hydrogens (tertiary/aromatic N) is 1. The summed E-state index contributed by atoms with van der Waals surface area (Å²) in [4.78, 5) is 10.4. The molecule has 1 saturated heterocycles. The van der Waals surface area contributed by atoms with Crippen LogP contribution in [-0.2, 0) is 11.2 Å². The van der Waals surface area contributed by atoms with E-state index in [0.29, 0.717) is 0 Å². The van der Waals surface area contributed by atoms with E-state index in [2.05, 4.69) is 11.5 Å². The lowest BCUT2D eigenvalue weighted by Crippen LogP contribution is -2.25. The second-order valence-corrected chi connectivity index (χ2v) is 5.08. The van der Waals surface area contributed by atoms with Crippen molar-refractivity contribution in [3.8, 4) is 5.75 Å². The second-order valence-electron chi connectivity index (χ2n) is 4.64. The van der Waals surface area contributed by atoms with Crippen molar-refractivity contribution in [1.29, 1.82) is 0 Å². The summed E-state index contributed by atoms with van der Waals surface area (Å²) in [5.74, 6) is 0.929. The Morgan fingerprint density at radius 3 is 2.50 bits per heavy atom. The highest BCUT2D eigenvalue weighted by Gasteiger charge is 2.11. The summed E-state index contributed by atoms with van der Waals surface area (Å²) < 4.78 is 5.86. The van der Waals surface area contributed by atoms with Crippen LogP contribution in [-0.4, -0.2) is 37.9 Å². The van der Waals surface area contributed by atoms with Crippen LogP contribution in [0.15, 0.2) is 30.9 Å². The van der Waals surface area contributed by atoms with Crippen LogP contribution in [0.25, 0.3) is 0 Å². The normalized spacial score (nSPS) is 13.4. The molecule has 0 amide bonds. The van der Waals surface area contributed by atoms with E-state index in [1.54, 1.807) is 0 Å². The lowest BCUT2D eigenvalue weighted by Gasteiger charge is -2.16. The van der Waals surface area contributed by atoms with Gasteiger partial charge in [0.2, 0.25) is 0 Å². The molecule has 0 radical (unpaired) electrons. The summed E-state index contributed by atoms with van der Waals surface area (Å²) in [6.07, 6.45) is 5.31. The zero-order valence-electron chi connectivity index (χ0n) is 13.8. The largest absolute Gasteiger partial charge is 0.492 e. The van der Waals surface area contributed by atoms with E-state index in [4.69, 9.17) is 21.1 Å². The summed E-state index contributed by atoms with van der Waals surface area (Å²) in [5.41, 5.74) is 1.11. The number of likely N-dealkylation sites (tertiary alicyclic amines) is 1. The van der Waals surface area contributed by atoms with E-state index >= 15 is 0 Å². The van der Waals surface area contributed by atoms with Gasteiger partial charge in [0.05, 0.1) is 0 Å². The third-order valence-corrected chi connectivity index (χ3v) is 3.49. The van der Waals surface area contributed by atoms with E-state index in [1.165, 1.54) is 25.9 Å². The molecule has 0 spiro atoms. The van der Waals surface area contributed by atoms with Gasteiger partial charge in [0, 0.05) is 11.6 Å². The van der Waals surface area contributed by atoms with Crippen LogP contribution < -0.4 is 4.74 Å². The van der Waals surface area contributed by atoms with Crippen molar-refractivity contribution >= 4 is 18.4 Å². The number of rotatable bonds is 6. The van der Waals surface area contributed by atoms with E-state index in [9.17, 15) is 0 Å². The first-order valence-corrected chi connectivity index (χ1v) is 8.21. The molecule has 4 heteroatoms. The van der Waals surface area contributed by atoms with Crippen LogP contribution in [0.3, 0.4) is 0 Å². The van der Waals surface area contributed by atoms with Crippen molar-refractivity contribution in [3.05, 3.63) is 41.4 Å². The van der Waals surface area contributed by atoms with Crippen LogP contribution in [0.2, 0.25) is 5.02 Å². The fourth-order valence-corrected chi connectivity index (χ4v) is 2.49. The summed E-state index contributed by atoms with van der Waals surface area (Å²) in [6.45, 7) is 13.9. The first kappa shape index (κ1) is 20.7. The molecule has 0 aromatic heterocycles. The highest BCUT2D eigenvalue weighted by Crippen LogP contribution is 2.23. The summed E-state index contributed by atoms with van der Waals surface area (Å²) in [7, 11) is 0. The van der Waals surface area contributed by atoms with Gasteiger partial charge in [-0.3, -0.25) is 4.90 Å². The Balaban J connectivity index is 0.00000102. The van der Waals surface area contributed by atoms with Gasteiger partial charge < -0.3 is 9.53 Å². The predicted octanol–water partition coefficient (Wildman–Crippen LogP) is 4.38. The highest BCUT2D eigenvalue weighted by atomic mass is 35.5. The Bertz CT molecular complexity index is 418. The SMILES string of the molecule is C=CCc1cc(Cl)ccc1OCCN1CCCC1.C=O.CC. The van der Waals surface area contributed by atoms with E-state index in [-0.39, 0.29) is 0 Å². The van der Waals surface area contributed by atoms with Gasteiger partial charge in [-0.15, -0.1) is 6.58 Å². The maximum Gasteiger partial charge on any atom is 0.122 e. The fraction of sp³-hybridized carbons (Fsp3) is 0.500. The van der Waals surface area contributed by atoms with Crippen LogP contribution in [0, 0.1) is 0 Å². The average Bonchev–Trinajstić information content (AvgIpc) is 3.07. The van der Waals surface area contributed by atoms with Crippen molar-refractivity contribution in [2.45, 2.75) is 33.1 Å². The fourth-order valence-electron chi connectivity index (χ4n) is 2.29. The van der Waals surface area contributed by atoms with Gasteiger partial charge in [0.1, 0.15) is 19.1 Å². The monoisotopic (exact) mass is 325 g/mol. The zero-order chi connectivity index (χ0) is 16.8. The molecule has 1 heterocycles. The number of hydrogen-bond acceptors (Lipinski definition) is 3. The molecule has 0 aliphatic carbocycles. The second kappa shape index (κ2) is 13.4. The molecule has 1 aliphatic heterocycles. The Kier molecular flexibility index (Phi) is 12.5. The molecule has 124 valence electrons. The van der Waals surface area contributed by atoms with E-state index in [1.807, 2.05) is 44.9 Å². The Morgan fingerprint density at radius 1 is 1.27 bits per heavy atom. The Morgan fingerprint density at radius 2 is 1.91 bits per heavy atom. The number of benzene rings is 1. The van der Waals surface area contributed by atoms with Gasteiger partial charge >= 0.3 is 0 Å². The van der Waals surface area contributed by atoms with E-state index in [0.717, 1.165) is 35.9 Å². The predicted molar refractivity (Wildman–Crippen MR) is 95.0 cm³/mol. The maximum absolute atomic E-state index is 8.00. The first-order valence-electron chi connectivity index (χ1n) is 7.83. The van der Waals surface area contributed by atoms with Crippen molar-refractivity contribution in [3.63, 3.8) is 0 Å². The molecule has 3 nitrogen and oxygen atoms in total. The summed E-state index contributed by atoms with van der Waals surface area (Å²) >= 11 is 5.99. The van der Waals surface area contributed by atoms with Gasteiger partial charge in [-0.1, -0.05) is 31.5 Å². The summed E-state index contributed by atoms with van der Waals surface area (Å²) in [6, 6.07) is 5.78. The van der Waals surface area contributed by atoms with Gasteiger partial charge in [0.25, 0.3) is 0 Å². The number of carbonyl (C=O) groups is 1. The van der Waals surface area contributed by atoms with Crippen LogP contribution in [0.1, 0.15) is 32.3 Å². The maximum atomic E-state index is 8.00. The number of carbonyl (C=O) groups excluding carboxylic acids is 1. The van der Waals surface area contributed by atoms with Crippen molar-refractivity contribution in [2.24, 2.45) is 0 Å². The Labute approximate surface area is 139 Å². The Hall–Kier alpha value is -1.32. The van der Waals surface area contributed by atoms with Gasteiger partial charge in [-0.05, 0) is 56.1 Å². The molecular weight excluding hydrogens is 298 g/mol. The number of halogens is 1. The third-order valence-electron chi connectivity index (χ3n) is 3.25. The number of allylic oxidation sites excluding steroid dienone is 1. The standard InChI is InChI=1S/C15H20ClNO.C2H6.CH2O/c1-2-5-13-12-14(16)6-7-15(13)18-11-10-17-8-3-4-9-17;2*1-2/h2,6-7,12H,1,3-5,8-11H2;1-2H3;1H2. The molecule has 0 atom stereocenters. The highest BCUT2D eigenvalue weighted by molar-refractivity contribution is 6.30. The average molecular weight is 326 g/mol. The number of hydrogen-bond donors (Lipinski definition) is 0. The molecule has 22 heavy (non-hydrogen) atoms. The minimum absolute atomic E-state index is 0.742. The quantitative estimate of drug-likeness (QED) is 0.727. The molecule has 0 saturated carbocycles.